The second-order valence-electron chi connectivity index (χ2n) is 7.91. The van der Waals surface area contributed by atoms with Crippen LogP contribution in [0.1, 0.15) is 47.1 Å². The molecule has 2 amide bonds. The number of carbonyl (C=O) groups excluding carboxylic acids is 2. The van der Waals surface area contributed by atoms with Crippen LogP contribution >= 0.6 is 11.6 Å². The Morgan fingerprint density at radius 2 is 2.18 bits per heavy atom. The number of alkyl halides is 2. The molecule has 0 saturated heterocycles. The number of halogens is 3. The number of nitrogens with one attached hydrogen (secondary N) is 1. The molecule has 1 aliphatic rings. The molecule has 4 heterocycles. The van der Waals surface area contributed by atoms with E-state index in [2.05, 4.69) is 20.3 Å². The average Bonchev–Trinajstić information content (AvgIpc) is 3.40. The summed E-state index contributed by atoms with van der Waals surface area (Å²) in [7, 11) is 0. The predicted octanol–water partition coefficient (Wildman–Crippen LogP) is 4.05. The minimum atomic E-state index is -3.03. The third-order valence-corrected chi connectivity index (χ3v) is 5.47. The molecule has 0 aliphatic carbocycles. The lowest BCUT2D eigenvalue weighted by Crippen LogP contribution is -2.27. The van der Waals surface area contributed by atoms with Crippen molar-refractivity contribution < 1.29 is 27.5 Å². The Morgan fingerprint density at radius 1 is 1.38 bits per heavy atom. The number of nitrogens with zero attached hydrogens (tertiary/aromatic N) is 4. The predicted molar refractivity (Wildman–Crippen MR) is 117 cm³/mol. The first-order valence-corrected chi connectivity index (χ1v) is 10.6. The van der Waals surface area contributed by atoms with E-state index in [0.717, 1.165) is 6.92 Å². The maximum Gasteiger partial charge on any atom is 0.278 e. The van der Waals surface area contributed by atoms with E-state index < -0.39 is 18.6 Å². The van der Waals surface area contributed by atoms with Crippen LogP contribution in [0.5, 0.6) is 5.88 Å². The number of amides is 2. The first-order valence-electron chi connectivity index (χ1n) is 10.2. The van der Waals surface area contributed by atoms with Crippen LogP contribution in [0.2, 0.25) is 5.02 Å². The quantitative estimate of drug-likeness (QED) is 0.506. The van der Waals surface area contributed by atoms with Crippen molar-refractivity contribution in [1.82, 2.24) is 19.9 Å². The van der Waals surface area contributed by atoms with Crippen molar-refractivity contribution in [2.45, 2.75) is 38.8 Å². The van der Waals surface area contributed by atoms with E-state index in [0.29, 0.717) is 22.4 Å². The van der Waals surface area contributed by atoms with E-state index in [1.165, 1.54) is 31.1 Å². The maximum absolute atomic E-state index is 13.1. The summed E-state index contributed by atoms with van der Waals surface area (Å²) in [5, 5.41) is 2.78. The van der Waals surface area contributed by atoms with Gasteiger partial charge in [0.2, 0.25) is 11.8 Å². The van der Waals surface area contributed by atoms with E-state index in [4.69, 9.17) is 20.8 Å². The topological polar surface area (TPSA) is 110 Å². The van der Waals surface area contributed by atoms with Gasteiger partial charge in [0, 0.05) is 30.4 Å². The molecular weight excluding hydrogens is 472 g/mol. The van der Waals surface area contributed by atoms with Gasteiger partial charge in [0.15, 0.2) is 13.0 Å². The van der Waals surface area contributed by atoms with Gasteiger partial charge < -0.3 is 19.4 Å². The molecule has 1 unspecified atom stereocenters. The van der Waals surface area contributed by atoms with E-state index >= 15 is 0 Å². The van der Waals surface area contributed by atoms with E-state index in [1.807, 2.05) is 0 Å². The largest absolute Gasteiger partial charge is 0.470 e. The highest BCUT2D eigenvalue weighted by atomic mass is 35.5. The van der Waals surface area contributed by atoms with Crippen molar-refractivity contribution >= 4 is 29.2 Å². The molecule has 12 heteroatoms. The van der Waals surface area contributed by atoms with Crippen molar-refractivity contribution in [1.29, 1.82) is 0 Å². The lowest BCUT2D eigenvalue weighted by molar-refractivity contribution is -0.115. The van der Waals surface area contributed by atoms with Gasteiger partial charge in [-0.1, -0.05) is 11.6 Å². The number of hydrogen-bond acceptors (Lipinski definition) is 7. The Hall–Kier alpha value is -3.60. The standard InChI is InChI=1S/C22H20ClF2N5O4/c1-12(13-5-17(23)20(27-7-13)34-10-22(2,24)25)30-8-16-15(21(30)32)3-4-26-19(16)29-18(31)6-14-9-33-11-28-14/h3-5,7,9,11-12H,6,8,10H2,1-2H3,(H,26,29,31). The van der Waals surface area contributed by atoms with Gasteiger partial charge in [-0.05, 0) is 24.6 Å². The van der Waals surface area contributed by atoms with Crippen LogP contribution in [-0.4, -0.2) is 44.2 Å². The molecule has 0 aromatic carbocycles. The molecule has 178 valence electrons. The molecule has 1 N–H and O–H groups in total. The molecule has 34 heavy (non-hydrogen) atoms. The van der Waals surface area contributed by atoms with Gasteiger partial charge in [-0.2, -0.15) is 0 Å². The Bertz CT molecular complexity index is 1220. The molecule has 3 aromatic rings. The average molecular weight is 492 g/mol. The van der Waals surface area contributed by atoms with Gasteiger partial charge in [-0.15, -0.1) is 0 Å². The summed E-state index contributed by atoms with van der Waals surface area (Å²) in [6, 6.07) is 2.66. The van der Waals surface area contributed by atoms with Crippen molar-refractivity contribution in [3.63, 3.8) is 0 Å². The third-order valence-electron chi connectivity index (χ3n) is 5.20. The number of fused-ring (bicyclic) bond motifs is 1. The number of rotatable bonds is 8. The SMILES string of the molecule is CC(c1cnc(OCC(C)(F)F)c(Cl)c1)N1Cc2c(ccnc2NC(=O)Cc2cocn2)C1=O. The summed E-state index contributed by atoms with van der Waals surface area (Å²) >= 11 is 6.17. The van der Waals surface area contributed by atoms with E-state index in [9.17, 15) is 18.4 Å². The fourth-order valence-electron chi connectivity index (χ4n) is 3.49. The zero-order valence-electron chi connectivity index (χ0n) is 18.2. The van der Waals surface area contributed by atoms with E-state index in [-0.39, 0.29) is 41.5 Å². The molecule has 0 spiro atoms. The van der Waals surface area contributed by atoms with Crippen LogP contribution in [0.3, 0.4) is 0 Å². The smallest absolute Gasteiger partial charge is 0.278 e. The first-order chi connectivity index (χ1) is 16.1. The molecule has 0 fully saturated rings. The van der Waals surface area contributed by atoms with Crippen LogP contribution < -0.4 is 10.1 Å². The highest BCUT2D eigenvalue weighted by Crippen LogP contribution is 2.35. The molecule has 0 bridgehead atoms. The van der Waals surface area contributed by atoms with Gasteiger partial charge in [0.1, 0.15) is 17.1 Å². The molecule has 3 aromatic heterocycles. The molecule has 0 saturated carbocycles. The molecule has 1 atom stereocenters. The highest BCUT2D eigenvalue weighted by molar-refractivity contribution is 6.31. The second-order valence-corrected chi connectivity index (χ2v) is 8.32. The third kappa shape index (κ3) is 5.14. The lowest BCUT2D eigenvalue weighted by atomic mass is 10.1. The minimum Gasteiger partial charge on any atom is -0.470 e. The maximum atomic E-state index is 13.1. The monoisotopic (exact) mass is 491 g/mol. The molecular formula is C22H20ClF2N5O4. The first kappa shape index (κ1) is 23.6. The molecule has 0 radical (unpaired) electrons. The second kappa shape index (κ2) is 9.34. The Kier molecular flexibility index (Phi) is 6.47. The molecule has 4 rings (SSSR count). The van der Waals surface area contributed by atoms with Crippen LogP contribution in [0, 0.1) is 0 Å². The number of hydrogen-bond donors (Lipinski definition) is 1. The van der Waals surface area contributed by atoms with Crippen LogP contribution in [0.25, 0.3) is 0 Å². The zero-order chi connectivity index (χ0) is 24.5. The fraction of sp³-hybridized carbons (Fsp3) is 0.318. The minimum absolute atomic E-state index is 0.00152. The summed E-state index contributed by atoms with van der Waals surface area (Å²) < 4.78 is 36.0. The summed E-state index contributed by atoms with van der Waals surface area (Å²) in [5.74, 6) is -3.45. The normalized spacial score (nSPS) is 14.1. The van der Waals surface area contributed by atoms with Gasteiger partial charge in [0.25, 0.3) is 11.8 Å². The summed E-state index contributed by atoms with van der Waals surface area (Å²) in [4.78, 5) is 39.2. The Labute approximate surface area is 198 Å². The van der Waals surface area contributed by atoms with Crippen molar-refractivity contribution in [3.05, 3.63) is 64.6 Å². The van der Waals surface area contributed by atoms with E-state index in [1.54, 1.807) is 17.9 Å². The van der Waals surface area contributed by atoms with Crippen LogP contribution in [-0.2, 0) is 17.8 Å². The Morgan fingerprint density at radius 3 is 2.85 bits per heavy atom. The Balaban J connectivity index is 1.49. The summed E-state index contributed by atoms with van der Waals surface area (Å²) in [6.45, 7) is 1.86. The number of carbonyl (C=O) groups is 2. The van der Waals surface area contributed by atoms with Gasteiger partial charge in [0.05, 0.1) is 24.7 Å². The van der Waals surface area contributed by atoms with Crippen molar-refractivity contribution in [2.24, 2.45) is 0 Å². The lowest BCUT2D eigenvalue weighted by Gasteiger charge is -2.25. The zero-order valence-corrected chi connectivity index (χ0v) is 19.0. The van der Waals surface area contributed by atoms with Crippen LogP contribution in [0.15, 0.2) is 41.6 Å². The number of pyridine rings is 2. The van der Waals surface area contributed by atoms with Gasteiger partial charge >= 0.3 is 0 Å². The van der Waals surface area contributed by atoms with Gasteiger partial charge in [-0.3, -0.25) is 9.59 Å². The van der Waals surface area contributed by atoms with Crippen molar-refractivity contribution in [3.8, 4) is 5.88 Å². The van der Waals surface area contributed by atoms with Crippen molar-refractivity contribution in [2.75, 3.05) is 11.9 Å². The van der Waals surface area contributed by atoms with Gasteiger partial charge in [-0.25, -0.2) is 23.7 Å². The van der Waals surface area contributed by atoms with Crippen LogP contribution in [0.4, 0.5) is 14.6 Å². The summed E-state index contributed by atoms with van der Waals surface area (Å²) in [5.41, 5.74) is 2.06. The number of aromatic nitrogens is 3. The fourth-order valence-corrected chi connectivity index (χ4v) is 3.72. The molecule has 1 aliphatic heterocycles. The summed E-state index contributed by atoms with van der Waals surface area (Å²) in [6.07, 6.45) is 5.48. The number of anilines is 1. The number of ether oxygens (including phenoxy) is 1. The highest BCUT2D eigenvalue weighted by Gasteiger charge is 2.34. The number of oxazole rings is 1. The molecule has 9 nitrogen and oxygen atoms in total.